The largest absolute Gasteiger partial charge is 0.342 e. The molecule has 0 bridgehead atoms. The Morgan fingerprint density at radius 1 is 1.36 bits per heavy atom. The molecule has 6 heteroatoms. The van der Waals surface area contributed by atoms with E-state index in [0.29, 0.717) is 31.3 Å². The van der Waals surface area contributed by atoms with Crippen LogP contribution in [0.1, 0.15) is 0 Å². The molecule has 1 aromatic rings. The highest BCUT2D eigenvalue weighted by Crippen LogP contribution is 2.13. The molecule has 0 aliphatic carbocycles. The Kier molecular flexibility index (Phi) is 2.58. The molecule has 0 spiro atoms. The first-order chi connectivity index (χ1) is 6.75. The first-order valence-corrected chi connectivity index (χ1v) is 4.78. The Hall–Kier alpha value is -1.23. The van der Waals surface area contributed by atoms with E-state index in [2.05, 4.69) is 9.97 Å². The van der Waals surface area contributed by atoms with Gasteiger partial charge in [0.2, 0.25) is 13.1 Å². The van der Waals surface area contributed by atoms with Gasteiger partial charge in [0.05, 0.1) is 25.5 Å². The molecule has 0 atom stereocenters. The minimum atomic E-state index is 0.382. The zero-order chi connectivity index (χ0) is 9.97. The SMILES string of the molecule is O=[N+]1CCN(c2cncc(Cl)n2)CC1. The molecule has 1 saturated heterocycles. The summed E-state index contributed by atoms with van der Waals surface area (Å²) < 4.78 is 1.05. The summed E-state index contributed by atoms with van der Waals surface area (Å²) in [6.07, 6.45) is 3.15. The van der Waals surface area contributed by atoms with Crippen molar-refractivity contribution in [1.82, 2.24) is 9.97 Å². The second kappa shape index (κ2) is 3.88. The van der Waals surface area contributed by atoms with E-state index < -0.39 is 0 Å². The summed E-state index contributed by atoms with van der Waals surface area (Å²) in [5, 5.41) is 0.382. The zero-order valence-corrected chi connectivity index (χ0v) is 8.31. The molecule has 0 N–H and O–H groups in total. The molecule has 74 valence electrons. The number of piperazine rings is 1. The second-order valence-corrected chi connectivity index (χ2v) is 3.50. The van der Waals surface area contributed by atoms with Gasteiger partial charge in [-0.25, -0.2) is 4.98 Å². The molecule has 1 aromatic heterocycles. The van der Waals surface area contributed by atoms with Crippen LogP contribution in [0.15, 0.2) is 12.4 Å². The van der Waals surface area contributed by atoms with Crippen LogP contribution in [-0.2, 0) is 0 Å². The summed E-state index contributed by atoms with van der Waals surface area (Å²) in [5.41, 5.74) is 0. The van der Waals surface area contributed by atoms with Crippen molar-refractivity contribution in [3.8, 4) is 0 Å². The van der Waals surface area contributed by atoms with Crippen LogP contribution in [-0.4, -0.2) is 40.9 Å². The van der Waals surface area contributed by atoms with Crippen LogP contribution in [0.5, 0.6) is 0 Å². The summed E-state index contributed by atoms with van der Waals surface area (Å²) in [5.74, 6) is 0.741. The van der Waals surface area contributed by atoms with E-state index in [4.69, 9.17) is 11.6 Å². The minimum absolute atomic E-state index is 0.382. The van der Waals surface area contributed by atoms with Gasteiger partial charge in [-0.05, 0) is 0 Å². The number of anilines is 1. The maximum Gasteiger partial charge on any atom is 0.209 e. The van der Waals surface area contributed by atoms with Gasteiger partial charge in [-0.3, -0.25) is 4.98 Å². The molecule has 2 heterocycles. The lowest BCUT2D eigenvalue weighted by molar-refractivity contribution is -0.550. The molecular weight excluding hydrogens is 204 g/mol. The fourth-order valence-electron chi connectivity index (χ4n) is 1.40. The third-order valence-corrected chi connectivity index (χ3v) is 2.34. The molecule has 2 rings (SSSR count). The van der Waals surface area contributed by atoms with E-state index in [0.717, 1.165) is 10.6 Å². The van der Waals surface area contributed by atoms with Crippen molar-refractivity contribution in [2.45, 2.75) is 0 Å². The summed E-state index contributed by atoms with van der Waals surface area (Å²) in [6.45, 7) is 2.37. The highest BCUT2D eigenvalue weighted by atomic mass is 35.5. The number of halogens is 1. The van der Waals surface area contributed by atoms with Crippen LogP contribution in [0.25, 0.3) is 0 Å². The number of rotatable bonds is 1. The average molecular weight is 214 g/mol. The van der Waals surface area contributed by atoms with Crippen molar-refractivity contribution in [2.75, 3.05) is 31.1 Å². The van der Waals surface area contributed by atoms with Gasteiger partial charge in [0.1, 0.15) is 11.0 Å². The van der Waals surface area contributed by atoms with Gasteiger partial charge < -0.3 is 4.90 Å². The van der Waals surface area contributed by atoms with Crippen LogP contribution in [0.4, 0.5) is 5.82 Å². The van der Waals surface area contributed by atoms with Crippen LogP contribution >= 0.6 is 11.6 Å². The van der Waals surface area contributed by atoms with E-state index >= 15 is 0 Å². The molecule has 0 saturated carbocycles. The maximum absolute atomic E-state index is 10.9. The fraction of sp³-hybridized carbons (Fsp3) is 0.500. The van der Waals surface area contributed by atoms with Gasteiger partial charge in [0.25, 0.3) is 0 Å². The second-order valence-electron chi connectivity index (χ2n) is 3.12. The number of hydrogen-bond donors (Lipinski definition) is 0. The van der Waals surface area contributed by atoms with E-state index in [1.807, 2.05) is 4.90 Å². The lowest BCUT2D eigenvalue weighted by atomic mass is 10.3. The van der Waals surface area contributed by atoms with Crippen molar-refractivity contribution >= 4 is 17.4 Å². The third kappa shape index (κ3) is 1.98. The summed E-state index contributed by atoms with van der Waals surface area (Å²) in [6, 6.07) is 0. The fourth-order valence-corrected chi connectivity index (χ4v) is 1.55. The van der Waals surface area contributed by atoms with Gasteiger partial charge in [-0.1, -0.05) is 11.6 Å². The Bertz CT molecular complexity index is 347. The monoisotopic (exact) mass is 213 g/mol. The van der Waals surface area contributed by atoms with Gasteiger partial charge in [-0.2, -0.15) is 0 Å². The van der Waals surface area contributed by atoms with Crippen LogP contribution < -0.4 is 4.90 Å². The Labute approximate surface area is 86.3 Å². The van der Waals surface area contributed by atoms with E-state index in [1.165, 1.54) is 6.20 Å². The molecule has 1 fully saturated rings. The van der Waals surface area contributed by atoms with Crippen molar-refractivity contribution in [3.05, 3.63) is 22.5 Å². The average Bonchev–Trinajstić information content (AvgIpc) is 2.19. The number of hydrogen-bond acceptors (Lipinski definition) is 4. The van der Waals surface area contributed by atoms with Crippen molar-refractivity contribution in [1.29, 1.82) is 0 Å². The van der Waals surface area contributed by atoms with Crippen molar-refractivity contribution in [2.24, 2.45) is 0 Å². The Balaban J connectivity index is 2.12. The van der Waals surface area contributed by atoms with E-state index in [1.54, 1.807) is 6.20 Å². The first kappa shape index (κ1) is 9.33. The lowest BCUT2D eigenvalue weighted by Gasteiger charge is -2.22. The van der Waals surface area contributed by atoms with Gasteiger partial charge in [-0.15, -0.1) is 0 Å². The predicted octanol–water partition coefficient (Wildman–Crippen LogP) is 0.729. The van der Waals surface area contributed by atoms with Crippen LogP contribution in [0.2, 0.25) is 5.15 Å². The Morgan fingerprint density at radius 2 is 2.07 bits per heavy atom. The minimum Gasteiger partial charge on any atom is -0.342 e. The number of nitrogens with zero attached hydrogens (tertiary/aromatic N) is 4. The van der Waals surface area contributed by atoms with Gasteiger partial charge in [0.15, 0.2) is 0 Å². The third-order valence-electron chi connectivity index (χ3n) is 2.16. The smallest absolute Gasteiger partial charge is 0.209 e. The molecule has 0 amide bonds. The molecule has 1 aliphatic heterocycles. The van der Waals surface area contributed by atoms with Gasteiger partial charge in [0, 0.05) is 9.67 Å². The highest BCUT2D eigenvalue weighted by Gasteiger charge is 2.22. The van der Waals surface area contributed by atoms with Crippen LogP contribution in [0.3, 0.4) is 0 Å². The lowest BCUT2D eigenvalue weighted by Crippen LogP contribution is -2.41. The molecule has 14 heavy (non-hydrogen) atoms. The molecule has 1 aliphatic rings. The van der Waals surface area contributed by atoms with Gasteiger partial charge >= 0.3 is 0 Å². The van der Waals surface area contributed by atoms with E-state index in [-0.39, 0.29) is 0 Å². The van der Waals surface area contributed by atoms with Crippen molar-refractivity contribution in [3.63, 3.8) is 0 Å². The molecule has 0 aromatic carbocycles. The van der Waals surface area contributed by atoms with Crippen LogP contribution in [0, 0.1) is 4.91 Å². The Morgan fingerprint density at radius 3 is 2.71 bits per heavy atom. The number of aromatic nitrogens is 2. The summed E-state index contributed by atoms with van der Waals surface area (Å²) >= 11 is 5.72. The zero-order valence-electron chi connectivity index (χ0n) is 7.56. The van der Waals surface area contributed by atoms with Crippen molar-refractivity contribution < 1.29 is 4.76 Å². The quantitative estimate of drug-likeness (QED) is 0.646. The number of nitroso groups, excluding NO2 is 1. The molecule has 5 nitrogen and oxygen atoms in total. The maximum atomic E-state index is 10.9. The molecular formula is C8H10ClN4O+. The highest BCUT2D eigenvalue weighted by molar-refractivity contribution is 6.29. The van der Waals surface area contributed by atoms with E-state index in [9.17, 15) is 4.91 Å². The predicted molar refractivity (Wildman–Crippen MR) is 52.6 cm³/mol. The topological polar surface area (TPSA) is 49.1 Å². The molecule has 0 radical (unpaired) electrons. The normalized spacial score (nSPS) is 17.2. The summed E-state index contributed by atoms with van der Waals surface area (Å²) in [7, 11) is 0. The first-order valence-electron chi connectivity index (χ1n) is 4.40. The standard InChI is InChI=1S/C8H10ClN4O/c9-7-5-10-6-8(11-7)12-1-3-13(14)4-2-12/h5-6H,1-4H2/q+1. The molecule has 0 unspecified atom stereocenters. The summed E-state index contributed by atoms with van der Waals surface area (Å²) in [4.78, 5) is 21.0.